The number of sulfonamides is 1. The highest BCUT2D eigenvalue weighted by molar-refractivity contribution is 7.89. The van der Waals surface area contributed by atoms with Crippen molar-refractivity contribution in [2.45, 2.75) is 31.6 Å². The number of anilines is 1. The Morgan fingerprint density at radius 3 is 2.70 bits per heavy atom. The molecule has 3 rings (SSSR count). The van der Waals surface area contributed by atoms with Gasteiger partial charge in [-0.2, -0.15) is 4.31 Å². The zero-order chi connectivity index (χ0) is 19.8. The van der Waals surface area contributed by atoms with Gasteiger partial charge in [0.2, 0.25) is 10.0 Å². The second kappa shape index (κ2) is 7.66. The summed E-state index contributed by atoms with van der Waals surface area (Å²) >= 11 is 5.95. The SMILES string of the molecule is Cc1cc(Cl)ccc1NC(=O)c1cc(S(=O)(=O)N2CCC[C@H](C)C2)cn1C. The van der Waals surface area contributed by atoms with Crippen molar-refractivity contribution < 1.29 is 13.2 Å². The predicted molar refractivity (Wildman–Crippen MR) is 107 cm³/mol. The van der Waals surface area contributed by atoms with E-state index in [4.69, 9.17) is 11.6 Å². The Bertz CT molecular complexity index is 969. The number of hydrogen-bond donors (Lipinski definition) is 1. The Labute approximate surface area is 165 Å². The number of rotatable bonds is 4. The molecule has 0 spiro atoms. The molecule has 6 nitrogen and oxygen atoms in total. The first-order valence-corrected chi connectivity index (χ1v) is 10.7. The Morgan fingerprint density at radius 2 is 2.04 bits per heavy atom. The minimum Gasteiger partial charge on any atom is -0.345 e. The van der Waals surface area contributed by atoms with Crippen LogP contribution in [0.2, 0.25) is 5.02 Å². The fourth-order valence-electron chi connectivity index (χ4n) is 3.37. The van der Waals surface area contributed by atoms with Gasteiger partial charge in [0, 0.05) is 37.0 Å². The van der Waals surface area contributed by atoms with Crippen molar-refractivity contribution in [2.75, 3.05) is 18.4 Å². The highest BCUT2D eigenvalue weighted by atomic mass is 35.5. The molecule has 146 valence electrons. The van der Waals surface area contributed by atoms with E-state index in [2.05, 4.69) is 12.2 Å². The Balaban J connectivity index is 1.84. The van der Waals surface area contributed by atoms with Crippen LogP contribution in [0, 0.1) is 12.8 Å². The van der Waals surface area contributed by atoms with Gasteiger partial charge in [-0.25, -0.2) is 8.42 Å². The molecule has 0 bridgehead atoms. The maximum absolute atomic E-state index is 12.9. The lowest BCUT2D eigenvalue weighted by molar-refractivity contribution is 0.101. The molecule has 1 amide bonds. The third kappa shape index (κ3) is 4.20. The molecule has 0 saturated carbocycles. The summed E-state index contributed by atoms with van der Waals surface area (Å²) in [4.78, 5) is 12.8. The number of nitrogens with one attached hydrogen (secondary N) is 1. The summed E-state index contributed by atoms with van der Waals surface area (Å²) in [6.07, 6.45) is 3.39. The Kier molecular flexibility index (Phi) is 5.65. The van der Waals surface area contributed by atoms with Crippen molar-refractivity contribution in [3.8, 4) is 0 Å². The average Bonchev–Trinajstić information content (AvgIpc) is 3.00. The average molecular weight is 410 g/mol. The molecule has 0 radical (unpaired) electrons. The summed E-state index contributed by atoms with van der Waals surface area (Å²) in [5.41, 5.74) is 1.76. The Morgan fingerprint density at radius 1 is 1.30 bits per heavy atom. The van der Waals surface area contributed by atoms with Crippen molar-refractivity contribution in [1.82, 2.24) is 8.87 Å². The number of piperidine rings is 1. The van der Waals surface area contributed by atoms with Gasteiger partial charge in [0.05, 0.1) is 0 Å². The van der Waals surface area contributed by atoms with Crippen molar-refractivity contribution >= 4 is 33.2 Å². The summed E-state index contributed by atoms with van der Waals surface area (Å²) in [6.45, 7) is 4.94. The number of carbonyl (C=O) groups excluding carboxylic acids is 1. The van der Waals surface area contributed by atoms with E-state index >= 15 is 0 Å². The van der Waals surface area contributed by atoms with Gasteiger partial charge in [-0.1, -0.05) is 18.5 Å². The summed E-state index contributed by atoms with van der Waals surface area (Å²) in [5.74, 6) is -0.0238. The number of aryl methyl sites for hydroxylation is 2. The first kappa shape index (κ1) is 19.9. The lowest BCUT2D eigenvalue weighted by Gasteiger charge is -2.29. The van der Waals surface area contributed by atoms with E-state index in [1.165, 1.54) is 16.6 Å². The van der Waals surface area contributed by atoms with Crippen LogP contribution in [0.3, 0.4) is 0 Å². The largest absolute Gasteiger partial charge is 0.345 e. The number of hydrogen-bond acceptors (Lipinski definition) is 3. The molecular formula is C19H24ClN3O3S. The molecule has 2 aromatic rings. The quantitative estimate of drug-likeness (QED) is 0.837. The van der Waals surface area contributed by atoms with Gasteiger partial charge in [-0.3, -0.25) is 4.79 Å². The second-order valence-electron chi connectivity index (χ2n) is 7.20. The molecular weight excluding hydrogens is 386 g/mol. The van der Waals surface area contributed by atoms with E-state index in [0.29, 0.717) is 29.7 Å². The zero-order valence-corrected chi connectivity index (χ0v) is 17.3. The van der Waals surface area contributed by atoms with Crippen LogP contribution in [0.4, 0.5) is 5.69 Å². The number of carbonyl (C=O) groups is 1. The van der Waals surface area contributed by atoms with E-state index in [1.807, 2.05) is 6.92 Å². The number of nitrogens with zero attached hydrogens (tertiary/aromatic N) is 2. The van der Waals surface area contributed by atoms with E-state index in [9.17, 15) is 13.2 Å². The number of amides is 1. The second-order valence-corrected chi connectivity index (χ2v) is 9.57. The first-order chi connectivity index (χ1) is 12.7. The third-order valence-corrected chi connectivity index (χ3v) is 6.97. The summed E-state index contributed by atoms with van der Waals surface area (Å²) in [6, 6.07) is 6.62. The van der Waals surface area contributed by atoms with Gasteiger partial charge < -0.3 is 9.88 Å². The van der Waals surface area contributed by atoms with Crippen LogP contribution in [-0.2, 0) is 17.1 Å². The lowest BCUT2D eigenvalue weighted by atomic mass is 10.0. The van der Waals surface area contributed by atoms with E-state index in [0.717, 1.165) is 18.4 Å². The highest BCUT2D eigenvalue weighted by Crippen LogP contribution is 2.25. The predicted octanol–water partition coefficient (Wildman–Crippen LogP) is 3.66. The van der Waals surface area contributed by atoms with Gasteiger partial charge in [-0.05, 0) is 55.5 Å². The van der Waals surface area contributed by atoms with Gasteiger partial charge in [0.25, 0.3) is 5.91 Å². The van der Waals surface area contributed by atoms with Crippen LogP contribution in [0.15, 0.2) is 35.4 Å². The van der Waals surface area contributed by atoms with Crippen LogP contribution in [0.1, 0.15) is 35.8 Å². The molecule has 27 heavy (non-hydrogen) atoms. The number of aromatic nitrogens is 1. The van der Waals surface area contributed by atoms with Gasteiger partial charge >= 0.3 is 0 Å². The Hall–Kier alpha value is -1.83. The van der Waals surface area contributed by atoms with Gasteiger partial charge in [0.1, 0.15) is 10.6 Å². The summed E-state index contributed by atoms with van der Waals surface area (Å²) in [7, 11) is -1.93. The third-order valence-electron chi connectivity index (χ3n) is 4.91. The standard InChI is InChI=1S/C19H24ClN3O3S/c1-13-5-4-8-23(11-13)27(25,26)16-10-18(22(3)12-16)19(24)21-17-7-6-15(20)9-14(17)2/h6-7,9-10,12-13H,4-5,8,11H2,1-3H3,(H,21,24)/t13-/m0/s1. The minimum atomic E-state index is -3.60. The van der Waals surface area contributed by atoms with Crippen molar-refractivity contribution in [1.29, 1.82) is 0 Å². The summed E-state index contributed by atoms with van der Waals surface area (Å²) < 4.78 is 28.9. The fraction of sp³-hybridized carbons (Fsp3) is 0.421. The molecule has 0 aliphatic carbocycles. The van der Waals surface area contributed by atoms with Gasteiger partial charge in [-0.15, -0.1) is 0 Å². The molecule has 2 heterocycles. The normalized spacial score (nSPS) is 18.4. The molecule has 1 atom stereocenters. The monoisotopic (exact) mass is 409 g/mol. The molecule has 1 aliphatic heterocycles. The van der Waals surface area contributed by atoms with Crippen molar-refractivity contribution in [2.24, 2.45) is 13.0 Å². The maximum Gasteiger partial charge on any atom is 0.272 e. The molecule has 1 aromatic carbocycles. The molecule has 1 saturated heterocycles. The number of halogens is 1. The van der Waals surface area contributed by atoms with E-state index in [1.54, 1.807) is 29.8 Å². The van der Waals surface area contributed by atoms with Crippen LogP contribution < -0.4 is 5.32 Å². The molecule has 1 fully saturated rings. The minimum absolute atomic E-state index is 0.150. The first-order valence-electron chi connectivity index (χ1n) is 8.92. The van der Waals surface area contributed by atoms with Crippen LogP contribution in [-0.4, -0.2) is 36.3 Å². The molecule has 1 N–H and O–H groups in total. The molecule has 1 aromatic heterocycles. The topological polar surface area (TPSA) is 71.4 Å². The van der Waals surface area contributed by atoms with Crippen LogP contribution in [0.25, 0.3) is 0 Å². The van der Waals surface area contributed by atoms with Gasteiger partial charge in [0.15, 0.2) is 0 Å². The van der Waals surface area contributed by atoms with E-state index in [-0.39, 0.29) is 16.5 Å². The van der Waals surface area contributed by atoms with Crippen LogP contribution >= 0.6 is 11.6 Å². The fourth-order valence-corrected chi connectivity index (χ4v) is 5.27. The van der Waals surface area contributed by atoms with E-state index < -0.39 is 10.0 Å². The maximum atomic E-state index is 12.9. The smallest absolute Gasteiger partial charge is 0.272 e. The molecule has 1 aliphatic rings. The zero-order valence-electron chi connectivity index (χ0n) is 15.7. The van der Waals surface area contributed by atoms with Crippen molar-refractivity contribution in [3.63, 3.8) is 0 Å². The van der Waals surface area contributed by atoms with Crippen LogP contribution in [0.5, 0.6) is 0 Å². The summed E-state index contributed by atoms with van der Waals surface area (Å²) in [5, 5.41) is 3.41. The molecule has 8 heteroatoms. The molecule has 0 unspecified atom stereocenters. The van der Waals surface area contributed by atoms with Crippen molar-refractivity contribution in [3.05, 3.63) is 46.7 Å². The lowest BCUT2D eigenvalue weighted by Crippen LogP contribution is -2.38. The number of benzene rings is 1. The highest BCUT2D eigenvalue weighted by Gasteiger charge is 2.30.